The summed E-state index contributed by atoms with van der Waals surface area (Å²) in [5.74, 6) is 2.27. The van der Waals surface area contributed by atoms with Gasteiger partial charge in [-0.3, -0.25) is 9.69 Å². The van der Waals surface area contributed by atoms with E-state index in [9.17, 15) is 4.79 Å². The fourth-order valence-corrected chi connectivity index (χ4v) is 3.92. The number of likely N-dealkylation sites (tertiary alicyclic amines) is 1. The fourth-order valence-electron chi connectivity index (χ4n) is 3.92. The molecule has 0 bridgehead atoms. The van der Waals surface area contributed by atoms with Crippen LogP contribution in [0.2, 0.25) is 0 Å². The van der Waals surface area contributed by atoms with Gasteiger partial charge in [-0.2, -0.15) is 0 Å². The molecule has 6 heteroatoms. The summed E-state index contributed by atoms with van der Waals surface area (Å²) < 4.78 is 17.2. The van der Waals surface area contributed by atoms with Gasteiger partial charge in [0.15, 0.2) is 5.76 Å². The number of amides is 1. The number of morpholine rings is 1. The summed E-state index contributed by atoms with van der Waals surface area (Å²) in [6.45, 7) is 6.49. The Morgan fingerprint density at radius 2 is 2.16 bits per heavy atom. The molecule has 0 radical (unpaired) electrons. The van der Waals surface area contributed by atoms with Crippen molar-refractivity contribution in [1.82, 2.24) is 9.80 Å². The molecular weight excluding hydrogens is 320 g/mol. The summed E-state index contributed by atoms with van der Waals surface area (Å²) in [5, 5.41) is 0. The molecule has 0 unspecified atom stereocenters. The molecule has 2 aliphatic rings. The third kappa shape index (κ3) is 3.50. The average molecular weight is 344 g/mol. The van der Waals surface area contributed by atoms with E-state index in [1.807, 2.05) is 24.0 Å². The number of hydrogen-bond donors (Lipinski definition) is 0. The average Bonchev–Trinajstić information content (AvgIpc) is 3.26. The summed E-state index contributed by atoms with van der Waals surface area (Å²) in [6.07, 6.45) is 3.46. The van der Waals surface area contributed by atoms with E-state index in [-0.39, 0.29) is 11.5 Å². The smallest absolute Gasteiger partial charge is 0.289 e. The first-order valence-corrected chi connectivity index (χ1v) is 8.88. The summed E-state index contributed by atoms with van der Waals surface area (Å²) in [6, 6.07) is 7.50. The lowest BCUT2D eigenvalue weighted by Gasteiger charge is -2.47. The predicted molar refractivity (Wildman–Crippen MR) is 91.3 cm³/mol. The monoisotopic (exact) mass is 344 g/mol. The van der Waals surface area contributed by atoms with Gasteiger partial charge in [-0.1, -0.05) is 0 Å². The first-order chi connectivity index (χ1) is 12.1. The zero-order chi connectivity index (χ0) is 17.3. The fraction of sp³-hybridized carbons (Fsp3) is 0.526. The lowest BCUT2D eigenvalue weighted by Crippen LogP contribution is -2.60. The highest BCUT2D eigenvalue weighted by Crippen LogP contribution is 2.30. The molecule has 2 aromatic rings. The van der Waals surface area contributed by atoms with E-state index < -0.39 is 0 Å². The van der Waals surface area contributed by atoms with Gasteiger partial charge in [-0.25, -0.2) is 0 Å². The molecule has 6 nitrogen and oxygen atoms in total. The van der Waals surface area contributed by atoms with Crippen LogP contribution < -0.4 is 0 Å². The third-order valence-corrected chi connectivity index (χ3v) is 5.06. The molecule has 4 rings (SSSR count). The van der Waals surface area contributed by atoms with Crippen molar-refractivity contribution < 1.29 is 18.4 Å². The quantitative estimate of drug-likeness (QED) is 0.857. The minimum absolute atomic E-state index is 0.0496. The van der Waals surface area contributed by atoms with Gasteiger partial charge in [0.25, 0.3) is 5.91 Å². The van der Waals surface area contributed by atoms with Gasteiger partial charge in [-0.15, -0.1) is 0 Å². The number of aryl methyl sites for hydroxylation is 1. The zero-order valence-corrected chi connectivity index (χ0v) is 14.6. The maximum atomic E-state index is 12.6. The molecular formula is C19H24N2O4. The summed E-state index contributed by atoms with van der Waals surface area (Å²) in [5.41, 5.74) is -0.291. The number of hydrogen-bond acceptors (Lipinski definition) is 5. The third-order valence-electron chi connectivity index (χ3n) is 5.06. The van der Waals surface area contributed by atoms with Crippen LogP contribution in [0.5, 0.6) is 0 Å². The van der Waals surface area contributed by atoms with Gasteiger partial charge in [0.2, 0.25) is 0 Å². The predicted octanol–water partition coefficient (Wildman–Crippen LogP) is 2.69. The molecule has 2 aliphatic heterocycles. The van der Waals surface area contributed by atoms with Crippen molar-refractivity contribution in [1.29, 1.82) is 0 Å². The molecule has 0 aliphatic carbocycles. The molecule has 4 heterocycles. The Kier molecular flexibility index (Phi) is 4.39. The maximum Gasteiger partial charge on any atom is 0.289 e. The number of carbonyl (C=O) groups is 1. The Balaban J connectivity index is 1.44. The molecule has 25 heavy (non-hydrogen) atoms. The Bertz CT molecular complexity index is 720. The van der Waals surface area contributed by atoms with Gasteiger partial charge < -0.3 is 18.5 Å². The van der Waals surface area contributed by atoms with Crippen LogP contribution in [0, 0.1) is 6.92 Å². The molecule has 2 aromatic heterocycles. The van der Waals surface area contributed by atoms with Crippen LogP contribution in [0.1, 0.15) is 34.9 Å². The lowest BCUT2D eigenvalue weighted by atomic mass is 9.90. The normalized spacial score (nSPS) is 24.8. The van der Waals surface area contributed by atoms with Gasteiger partial charge in [-0.05, 0) is 44.0 Å². The van der Waals surface area contributed by atoms with Gasteiger partial charge >= 0.3 is 0 Å². The number of ether oxygens (including phenoxy) is 1. The summed E-state index contributed by atoms with van der Waals surface area (Å²) >= 11 is 0. The molecule has 1 amide bonds. The molecule has 2 fully saturated rings. The molecule has 1 atom stereocenters. The van der Waals surface area contributed by atoms with Crippen LogP contribution in [-0.2, 0) is 11.3 Å². The maximum absolute atomic E-state index is 12.6. The topological polar surface area (TPSA) is 59.1 Å². The number of carbonyl (C=O) groups excluding carboxylic acids is 1. The van der Waals surface area contributed by atoms with Crippen LogP contribution in [0.4, 0.5) is 0 Å². The molecule has 0 N–H and O–H groups in total. The number of nitrogens with zero attached hydrogens (tertiary/aromatic N) is 2. The largest absolute Gasteiger partial charge is 0.465 e. The van der Waals surface area contributed by atoms with Crippen molar-refractivity contribution in [2.24, 2.45) is 0 Å². The SMILES string of the molecule is Cc1ccc(CN2CCO[C@]3(CCCN(C(=O)c4ccco4)C3)C2)o1. The number of piperidine rings is 1. The van der Waals surface area contributed by atoms with Gasteiger partial charge in [0, 0.05) is 19.6 Å². The number of rotatable bonds is 3. The Labute approximate surface area is 147 Å². The Hall–Kier alpha value is -2.05. The van der Waals surface area contributed by atoms with Crippen LogP contribution in [-0.4, -0.2) is 54.1 Å². The van der Waals surface area contributed by atoms with Crippen LogP contribution in [0.15, 0.2) is 39.4 Å². The van der Waals surface area contributed by atoms with Crippen LogP contribution in [0.25, 0.3) is 0 Å². The molecule has 2 saturated heterocycles. The Morgan fingerprint density at radius 3 is 2.92 bits per heavy atom. The van der Waals surface area contributed by atoms with Gasteiger partial charge in [0.1, 0.15) is 11.5 Å². The van der Waals surface area contributed by atoms with E-state index in [1.165, 1.54) is 6.26 Å². The minimum Gasteiger partial charge on any atom is -0.465 e. The lowest BCUT2D eigenvalue weighted by molar-refractivity contribution is -0.137. The summed E-state index contributed by atoms with van der Waals surface area (Å²) in [7, 11) is 0. The van der Waals surface area contributed by atoms with Crippen molar-refractivity contribution in [3.8, 4) is 0 Å². The van der Waals surface area contributed by atoms with Crippen molar-refractivity contribution in [3.63, 3.8) is 0 Å². The first-order valence-electron chi connectivity index (χ1n) is 8.88. The number of furan rings is 2. The highest BCUT2D eigenvalue weighted by Gasteiger charge is 2.42. The summed E-state index contributed by atoms with van der Waals surface area (Å²) in [4.78, 5) is 16.8. The molecule has 0 saturated carbocycles. The highest BCUT2D eigenvalue weighted by atomic mass is 16.5. The molecule has 1 spiro atoms. The van der Waals surface area contributed by atoms with Crippen molar-refractivity contribution in [3.05, 3.63) is 47.8 Å². The van der Waals surface area contributed by atoms with Crippen molar-refractivity contribution >= 4 is 5.91 Å². The second kappa shape index (κ2) is 6.69. The molecule has 134 valence electrons. The van der Waals surface area contributed by atoms with Crippen molar-refractivity contribution in [2.45, 2.75) is 31.9 Å². The zero-order valence-electron chi connectivity index (χ0n) is 14.6. The van der Waals surface area contributed by atoms with Crippen LogP contribution in [0.3, 0.4) is 0 Å². The minimum atomic E-state index is -0.291. The standard InChI is InChI=1S/C19H24N2O4/c1-15-5-6-16(25-15)12-20-9-11-24-19(13-20)7-3-8-21(14-19)18(22)17-4-2-10-23-17/h2,4-6,10H,3,7-9,11-14H2,1H3/t19-/m1/s1. The van der Waals surface area contributed by atoms with Crippen LogP contribution >= 0.6 is 0 Å². The van der Waals surface area contributed by atoms with Gasteiger partial charge in [0.05, 0.1) is 31.6 Å². The van der Waals surface area contributed by atoms with E-state index in [0.29, 0.717) is 18.9 Å². The van der Waals surface area contributed by atoms with E-state index in [0.717, 1.165) is 50.5 Å². The van der Waals surface area contributed by atoms with E-state index in [2.05, 4.69) is 4.90 Å². The van der Waals surface area contributed by atoms with Crippen molar-refractivity contribution in [2.75, 3.05) is 32.8 Å². The van der Waals surface area contributed by atoms with E-state index in [1.54, 1.807) is 12.1 Å². The second-order valence-corrected chi connectivity index (χ2v) is 7.06. The Morgan fingerprint density at radius 1 is 1.24 bits per heavy atom. The first kappa shape index (κ1) is 16.4. The van der Waals surface area contributed by atoms with E-state index >= 15 is 0 Å². The second-order valence-electron chi connectivity index (χ2n) is 7.06. The highest BCUT2D eigenvalue weighted by molar-refractivity contribution is 5.91. The van der Waals surface area contributed by atoms with E-state index in [4.69, 9.17) is 13.6 Å². The molecule has 0 aromatic carbocycles.